The van der Waals surface area contributed by atoms with Crippen LogP contribution in [0.4, 0.5) is 0 Å². The number of rotatable bonds is 9. The van der Waals surface area contributed by atoms with Crippen LogP contribution in [0.3, 0.4) is 0 Å². The number of hydrogen-bond acceptors (Lipinski definition) is 7. The monoisotopic (exact) mass is 380 g/mol. The summed E-state index contributed by atoms with van der Waals surface area (Å²) in [5.41, 5.74) is 1.37. The normalized spacial score (nSPS) is 11.6. The zero-order valence-electron chi connectivity index (χ0n) is 15.4. The summed E-state index contributed by atoms with van der Waals surface area (Å²) in [7, 11) is 0. The molecule has 0 aliphatic heterocycles. The van der Waals surface area contributed by atoms with Crippen molar-refractivity contribution in [1.29, 1.82) is 0 Å². The SMILES string of the molecule is CCOc1ccc(C(=O)COC(=O)[C@@H](Cc2ccccc2)n2cnnn2)cc1. The molecule has 28 heavy (non-hydrogen) atoms. The van der Waals surface area contributed by atoms with E-state index in [0.29, 0.717) is 24.3 Å². The fraction of sp³-hybridized carbons (Fsp3) is 0.250. The number of carbonyl (C=O) groups excluding carboxylic acids is 2. The summed E-state index contributed by atoms with van der Waals surface area (Å²) < 4.78 is 11.9. The molecule has 1 heterocycles. The molecule has 8 nitrogen and oxygen atoms in total. The molecular formula is C20H20N4O4. The van der Waals surface area contributed by atoms with Crippen LogP contribution in [0.2, 0.25) is 0 Å². The van der Waals surface area contributed by atoms with Crippen molar-refractivity contribution in [3.8, 4) is 5.75 Å². The summed E-state index contributed by atoms with van der Waals surface area (Å²) in [5, 5.41) is 11.0. The topological polar surface area (TPSA) is 96.2 Å². The van der Waals surface area contributed by atoms with Crippen LogP contribution >= 0.6 is 0 Å². The summed E-state index contributed by atoms with van der Waals surface area (Å²) >= 11 is 0. The van der Waals surface area contributed by atoms with E-state index >= 15 is 0 Å². The van der Waals surface area contributed by atoms with Gasteiger partial charge < -0.3 is 9.47 Å². The molecule has 0 fully saturated rings. The van der Waals surface area contributed by atoms with E-state index in [2.05, 4.69) is 15.5 Å². The Balaban J connectivity index is 1.64. The van der Waals surface area contributed by atoms with Gasteiger partial charge >= 0.3 is 5.97 Å². The molecule has 0 spiro atoms. The quantitative estimate of drug-likeness (QED) is 0.415. The molecule has 3 rings (SSSR count). The van der Waals surface area contributed by atoms with Crippen LogP contribution in [-0.2, 0) is 16.0 Å². The van der Waals surface area contributed by atoms with Crippen molar-refractivity contribution < 1.29 is 19.1 Å². The molecule has 0 unspecified atom stereocenters. The van der Waals surface area contributed by atoms with Crippen LogP contribution < -0.4 is 4.74 Å². The highest BCUT2D eigenvalue weighted by atomic mass is 16.5. The Kier molecular flexibility index (Phi) is 6.46. The molecule has 144 valence electrons. The van der Waals surface area contributed by atoms with Gasteiger partial charge in [-0.15, -0.1) is 5.10 Å². The van der Waals surface area contributed by atoms with Crippen LogP contribution in [0.15, 0.2) is 60.9 Å². The Morgan fingerprint density at radius 2 is 1.82 bits per heavy atom. The highest BCUT2D eigenvalue weighted by Gasteiger charge is 2.25. The van der Waals surface area contributed by atoms with Gasteiger partial charge in [0.15, 0.2) is 18.4 Å². The maximum atomic E-state index is 12.6. The molecule has 1 atom stereocenters. The van der Waals surface area contributed by atoms with Crippen molar-refractivity contribution in [2.45, 2.75) is 19.4 Å². The molecule has 0 saturated heterocycles. The van der Waals surface area contributed by atoms with Crippen LogP contribution in [0.1, 0.15) is 28.9 Å². The number of Topliss-reactive ketones (excluding diaryl/α,β-unsaturated/α-hetero) is 1. The number of tetrazole rings is 1. The number of aromatic nitrogens is 4. The van der Waals surface area contributed by atoms with E-state index < -0.39 is 12.0 Å². The molecule has 0 aliphatic rings. The Morgan fingerprint density at radius 3 is 2.46 bits per heavy atom. The summed E-state index contributed by atoms with van der Waals surface area (Å²) in [6.07, 6.45) is 1.70. The van der Waals surface area contributed by atoms with Crippen LogP contribution in [-0.4, -0.2) is 45.2 Å². The van der Waals surface area contributed by atoms with Crippen LogP contribution in [0.5, 0.6) is 5.75 Å². The molecule has 3 aromatic rings. The zero-order chi connectivity index (χ0) is 19.8. The third-order valence-corrected chi connectivity index (χ3v) is 4.06. The number of benzene rings is 2. The second-order valence-electron chi connectivity index (χ2n) is 5.98. The number of esters is 1. The highest BCUT2D eigenvalue weighted by Crippen LogP contribution is 2.16. The minimum atomic E-state index is -0.759. The Bertz CT molecular complexity index is 896. The molecule has 0 N–H and O–H groups in total. The summed E-state index contributed by atoms with van der Waals surface area (Å²) in [6.45, 7) is 2.07. The van der Waals surface area contributed by atoms with Gasteiger partial charge in [0.2, 0.25) is 0 Å². The van der Waals surface area contributed by atoms with Gasteiger partial charge in [0.1, 0.15) is 12.1 Å². The number of nitrogens with zero attached hydrogens (tertiary/aromatic N) is 4. The Labute approximate surface area is 162 Å². The molecule has 0 saturated carbocycles. The number of ketones is 1. The second-order valence-corrected chi connectivity index (χ2v) is 5.98. The van der Waals surface area contributed by atoms with Crippen molar-refractivity contribution >= 4 is 11.8 Å². The average molecular weight is 380 g/mol. The lowest BCUT2D eigenvalue weighted by molar-refractivity contribution is -0.146. The molecule has 8 heteroatoms. The summed E-state index contributed by atoms with van der Waals surface area (Å²) in [4.78, 5) is 24.9. The first-order valence-electron chi connectivity index (χ1n) is 8.86. The number of ether oxygens (including phenoxy) is 2. The van der Waals surface area contributed by atoms with Gasteiger partial charge in [-0.3, -0.25) is 4.79 Å². The van der Waals surface area contributed by atoms with Crippen molar-refractivity contribution in [2.75, 3.05) is 13.2 Å². The van der Waals surface area contributed by atoms with E-state index in [1.165, 1.54) is 11.0 Å². The highest BCUT2D eigenvalue weighted by molar-refractivity contribution is 5.98. The summed E-state index contributed by atoms with van der Waals surface area (Å²) in [6, 6.07) is 15.4. The maximum absolute atomic E-state index is 12.6. The second kappa shape index (κ2) is 9.40. The smallest absolute Gasteiger partial charge is 0.331 e. The lowest BCUT2D eigenvalue weighted by Gasteiger charge is -2.15. The van der Waals surface area contributed by atoms with E-state index in [-0.39, 0.29) is 12.4 Å². The standard InChI is InChI=1S/C20H20N4O4/c1-2-27-17-10-8-16(9-11-17)19(25)13-28-20(26)18(24-14-21-22-23-24)12-15-6-4-3-5-7-15/h3-11,14,18H,2,12-13H2,1H3/t18-/m1/s1. The first-order chi connectivity index (χ1) is 13.7. The first kappa shape index (κ1) is 19.2. The molecule has 2 aromatic carbocycles. The van der Waals surface area contributed by atoms with Crippen molar-refractivity contribution in [3.05, 3.63) is 72.1 Å². The molecule has 0 amide bonds. The molecule has 1 aromatic heterocycles. The number of carbonyl (C=O) groups is 2. The van der Waals surface area contributed by atoms with Gasteiger partial charge in [-0.2, -0.15) is 0 Å². The Morgan fingerprint density at radius 1 is 1.07 bits per heavy atom. The molecule has 0 radical (unpaired) electrons. The lowest BCUT2D eigenvalue weighted by atomic mass is 10.1. The molecule has 0 bridgehead atoms. The maximum Gasteiger partial charge on any atom is 0.331 e. The predicted octanol–water partition coefficient (Wildman–Crippen LogP) is 2.28. The van der Waals surface area contributed by atoms with Crippen molar-refractivity contribution in [1.82, 2.24) is 20.2 Å². The first-order valence-corrected chi connectivity index (χ1v) is 8.86. The van der Waals surface area contributed by atoms with Crippen molar-refractivity contribution in [3.63, 3.8) is 0 Å². The number of hydrogen-bond donors (Lipinski definition) is 0. The zero-order valence-corrected chi connectivity index (χ0v) is 15.4. The van der Waals surface area contributed by atoms with Gasteiger partial charge in [0.05, 0.1) is 6.61 Å². The van der Waals surface area contributed by atoms with Gasteiger partial charge in [-0.1, -0.05) is 30.3 Å². The van der Waals surface area contributed by atoms with Crippen molar-refractivity contribution in [2.24, 2.45) is 0 Å². The van der Waals surface area contributed by atoms with Gasteiger partial charge in [-0.05, 0) is 47.2 Å². The van der Waals surface area contributed by atoms with E-state index in [1.54, 1.807) is 24.3 Å². The minimum Gasteiger partial charge on any atom is -0.494 e. The minimum absolute atomic E-state index is 0.299. The molecular weight excluding hydrogens is 360 g/mol. The van der Waals surface area contributed by atoms with Gasteiger partial charge in [-0.25, -0.2) is 9.48 Å². The third-order valence-electron chi connectivity index (χ3n) is 4.06. The van der Waals surface area contributed by atoms with E-state index in [4.69, 9.17) is 9.47 Å². The average Bonchev–Trinajstić information content (AvgIpc) is 3.26. The van der Waals surface area contributed by atoms with Crippen LogP contribution in [0.25, 0.3) is 0 Å². The van der Waals surface area contributed by atoms with Gasteiger partial charge in [0, 0.05) is 12.0 Å². The van der Waals surface area contributed by atoms with E-state index in [9.17, 15) is 9.59 Å². The fourth-order valence-corrected chi connectivity index (χ4v) is 2.65. The van der Waals surface area contributed by atoms with Crippen LogP contribution in [0, 0.1) is 0 Å². The summed E-state index contributed by atoms with van der Waals surface area (Å²) in [5.74, 6) is -0.195. The van der Waals surface area contributed by atoms with Gasteiger partial charge in [0.25, 0.3) is 0 Å². The van der Waals surface area contributed by atoms with E-state index in [0.717, 1.165) is 5.56 Å². The fourth-order valence-electron chi connectivity index (χ4n) is 2.65. The third kappa shape index (κ3) is 5.00. The Hall–Kier alpha value is -3.55. The van der Waals surface area contributed by atoms with E-state index in [1.807, 2.05) is 37.3 Å². The lowest BCUT2D eigenvalue weighted by Crippen LogP contribution is -2.26. The predicted molar refractivity (Wildman–Crippen MR) is 99.9 cm³/mol. The molecule has 0 aliphatic carbocycles. The largest absolute Gasteiger partial charge is 0.494 e.